The van der Waals surface area contributed by atoms with Gasteiger partial charge in [-0.2, -0.15) is 0 Å². The van der Waals surface area contributed by atoms with Crippen LogP contribution in [0.25, 0.3) is 11.5 Å². The molecule has 0 atom stereocenters. The molecule has 1 aromatic carbocycles. The molecule has 6 nitrogen and oxygen atoms in total. The highest BCUT2D eigenvalue weighted by Crippen LogP contribution is 2.29. The fourth-order valence-corrected chi connectivity index (χ4v) is 1.67. The van der Waals surface area contributed by atoms with Crippen molar-refractivity contribution in [3.63, 3.8) is 0 Å². The molecule has 100 valence electrons. The van der Waals surface area contributed by atoms with Gasteiger partial charge in [0.2, 0.25) is 5.89 Å². The number of aliphatic carboxylic acids is 1. The number of ether oxygens (including phenoxy) is 1. The fraction of sp³-hybridized carbons (Fsp3) is 0.308. The lowest BCUT2D eigenvalue weighted by Gasteiger charge is -2.05. The molecule has 0 amide bonds. The van der Waals surface area contributed by atoms with Gasteiger partial charge in [-0.15, -0.1) is 10.2 Å². The second kappa shape index (κ2) is 5.51. The molecular formula is C13H14N2O4. The molecular weight excluding hydrogens is 248 g/mol. The Morgan fingerprint density at radius 1 is 1.42 bits per heavy atom. The minimum atomic E-state index is -0.895. The van der Waals surface area contributed by atoms with Crippen molar-refractivity contribution in [2.45, 2.75) is 19.8 Å². The molecule has 1 heterocycles. The molecule has 0 saturated heterocycles. The van der Waals surface area contributed by atoms with Crippen molar-refractivity contribution in [3.8, 4) is 17.2 Å². The molecule has 1 N–H and O–H groups in total. The molecule has 0 radical (unpaired) electrons. The summed E-state index contributed by atoms with van der Waals surface area (Å²) in [5.74, 6) is 0.383. The third-order valence-electron chi connectivity index (χ3n) is 2.60. The van der Waals surface area contributed by atoms with Gasteiger partial charge in [0, 0.05) is 6.42 Å². The van der Waals surface area contributed by atoms with Crippen LogP contribution in [0.4, 0.5) is 0 Å². The van der Waals surface area contributed by atoms with Crippen LogP contribution in [0.3, 0.4) is 0 Å². The predicted molar refractivity (Wildman–Crippen MR) is 67.0 cm³/mol. The summed E-state index contributed by atoms with van der Waals surface area (Å²) in [5, 5.41) is 16.4. The fourth-order valence-electron chi connectivity index (χ4n) is 1.67. The largest absolute Gasteiger partial charge is 0.496 e. The molecule has 6 heteroatoms. The van der Waals surface area contributed by atoms with Gasteiger partial charge in [-0.3, -0.25) is 4.79 Å². The van der Waals surface area contributed by atoms with Crippen molar-refractivity contribution < 1.29 is 19.1 Å². The Kier molecular flexibility index (Phi) is 3.79. The Hall–Kier alpha value is -2.37. The summed E-state index contributed by atoms with van der Waals surface area (Å²) in [7, 11) is 1.57. The third-order valence-corrected chi connectivity index (χ3v) is 2.60. The number of benzene rings is 1. The van der Waals surface area contributed by atoms with Gasteiger partial charge in [-0.1, -0.05) is 11.6 Å². The zero-order valence-electron chi connectivity index (χ0n) is 10.7. The molecule has 2 rings (SSSR count). The zero-order valence-corrected chi connectivity index (χ0v) is 10.7. The van der Waals surface area contributed by atoms with Crippen molar-refractivity contribution in [2.24, 2.45) is 0 Å². The second-order valence-corrected chi connectivity index (χ2v) is 4.10. The van der Waals surface area contributed by atoms with E-state index in [0.717, 1.165) is 5.56 Å². The second-order valence-electron chi connectivity index (χ2n) is 4.10. The molecule has 19 heavy (non-hydrogen) atoms. The van der Waals surface area contributed by atoms with Crippen LogP contribution in [0.1, 0.15) is 17.9 Å². The smallest absolute Gasteiger partial charge is 0.303 e. The number of hydrogen-bond donors (Lipinski definition) is 1. The van der Waals surface area contributed by atoms with E-state index in [2.05, 4.69) is 10.2 Å². The van der Waals surface area contributed by atoms with Crippen LogP contribution in [-0.4, -0.2) is 28.4 Å². The average Bonchev–Trinajstić information content (AvgIpc) is 2.85. The maximum absolute atomic E-state index is 10.5. The first-order valence-electron chi connectivity index (χ1n) is 5.79. The van der Waals surface area contributed by atoms with E-state index in [1.165, 1.54) is 0 Å². The minimum absolute atomic E-state index is 0.0351. The van der Waals surface area contributed by atoms with E-state index < -0.39 is 5.97 Å². The summed E-state index contributed by atoms with van der Waals surface area (Å²) in [6.45, 7) is 1.95. The lowest BCUT2D eigenvalue weighted by molar-refractivity contribution is -0.137. The van der Waals surface area contributed by atoms with Crippen molar-refractivity contribution in [2.75, 3.05) is 7.11 Å². The van der Waals surface area contributed by atoms with E-state index >= 15 is 0 Å². The van der Waals surface area contributed by atoms with Gasteiger partial charge in [0.1, 0.15) is 5.75 Å². The van der Waals surface area contributed by atoms with Crippen molar-refractivity contribution in [3.05, 3.63) is 29.7 Å². The summed E-state index contributed by atoms with van der Waals surface area (Å²) in [6, 6.07) is 5.63. The van der Waals surface area contributed by atoms with E-state index in [-0.39, 0.29) is 12.8 Å². The van der Waals surface area contributed by atoms with E-state index in [9.17, 15) is 4.79 Å². The highest BCUT2D eigenvalue weighted by Gasteiger charge is 2.14. The summed E-state index contributed by atoms with van der Waals surface area (Å²) in [4.78, 5) is 10.5. The van der Waals surface area contributed by atoms with Crippen molar-refractivity contribution in [1.29, 1.82) is 0 Å². The van der Waals surface area contributed by atoms with Gasteiger partial charge in [-0.05, 0) is 19.1 Å². The summed E-state index contributed by atoms with van der Waals surface area (Å²) >= 11 is 0. The number of rotatable bonds is 5. The molecule has 1 aromatic heterocycles. The number of carboxylic acids is 1. The zero-order chi connectivity index (χ0) is 13.8. The first-order valence-corrected chi connectivity index (χ1v) is 5.79. The molecule has 0 aliphatic carbocycles. The lowest BCUT2D eigenvalue weighted by Crippen LogP contribution is -1.97. The van der Waals surface area contributed by atoms with Crippen LogP contribution in [0.2, 0.25) is 0 Å². The number of aromatic nitrogens is 2. The monoisotopic (exact) mass is 262 g/mol. The van der Waals surface area contributed by atoms with Crippen LogP contribution >= 0.6 is 0 Å². The Bertz CT molecular complexity index is 592. The number of carboxylic acid groups (broad SMARTS) is 1. The summed E-state index contributed by atoms with van der Waals surface area (Å²) < 4.78 is 10.7. The van der Waals surface area contributed by atoms with Crippen LogP contribution in [0.15, 0.2) is 22.6 Å². The van der Waals surface area contributed by atoms with Gasteiger partial charge in [-0.25, -0.2) is 0 Å². The van der Waals surface area contributed by atoms with E-state index in [1.54, 1.807) is 7.11 Å². The number of nitrogens with zero attached hydrogens (tertiary/aromatic N) is 2. The topological polar surface area (TPSA) is 85.5 Å². The molecule has 0 saturated carbocycles. The van der Waals surface area contributed by atoms with Crippen LogP contribution in [0.5, 0.6) is 5.75 Å². The van der Waals surface area contributed by atoms with Gasteiger partial charge in [0.25, 0.3) is 5.89 Å². The number of aryl methyl sites for hydroxylation is 2. The summed E-state index contributed by atoms with van der Waals surface area (Å²) in [5.41, 5.74) is 1.75. The maximum Gasteiger partial charge on any atom is 0.303 e. The average molecular weight is 262 g/mol. The third kappa shape index (κ3) is 3.09. The van der Waals surface area contributed by atoms with Gasteiger partial charge in [0.05, 0.1) is 19.1 Å². The first kappa shape index (κ1) is 13.1. The molecule has 0 fully saturated rings. The van der Waals surface area contributed by atoms with Crippen LogP contribution in [0, 0.1) is 6.92 Å². The number of hydrogen-bond acceptors (Lipinski definition) is 5. The molecule has 0 aliphatic rings. The highest BCUT2D eigenvalue weighted by molar-refractivity contribution is 5.67. The Morgan fingerprint density at radius 3 is 2.89 bits per heavy atom. The van der Waals surface area contributed by atoms with Crippen molar-refractivity contribution in [1.82, 2.24) is 10.2 Å². The van der Waals surface area contributed by atoms with Gasteiger partial charge < -0.3 is 14.3 Å². The normalized spacial score (nSPS) is 10.4. The summed E-state index contributed by atoms with van der Waals surface area (Å²) in [6.07, 6.45) is 0.184. The van der Waals surface area contributed by atoms with Gasteiger partial charge in [0.15, 0.2) is 0 Å². The predicted octanol–water partition coefficient (Wildman–Crippen LogP) is 2.07. The first-order chi connectivity index (χ1) is 9.10. The van der Waals surface area contributed by atoms with E-state index in [1.807, 2.05) is 25.1 Å². The van der Waals surface area contributed by atoms with Crippen LogP contribution in [-0.2, 0) is 11.2 Å². The standard InChI is InChI=1S/C13H14N2O4/c1-8-3-4-10(18-2)9(7-8)13-15-14-11(19-13)5-6-12(16)17/h3-4,7H,5-6H2,1-2H3,(H,16,17). The van der Waals surface area contributed by atoms with E-state index in [4.69, 9.17) is 14.3 Å². The number of methoxy groups -OCH3 is 1. The molecule has 0 unspecified atom stereocenters. The molecule has 0 aliphatic heterocycles. The lowest BCUT2D eigenvalue weighted by atomic mass is 10.1. The molecule has 0 bridgehead atoms. The highest BCUT2D eigenvalue weighted by atomic mass is 16.5. The molecule has 0 spiro atoms. The molecule has 2 aromatic rings. The van der Waals surface area contributed by atoms with Crippen molar-refractivity contribution >= 4 is 5.97 Å². The minimum Gasteiger partial charge on any atom is -0.496 e. The SMILES string of the molecule is COc1ccc(C)cc1-c1nnc(CCC(=O)O)o1. The Morgan fingerprint density at radius 2 is 2.21 bits per heavy atom. The van der Waals surface area contributed by atoms with E-state index in [0.29, 0.717) is 23.1 Å². The number of carbonyl (C=O) groups is 1. The quantitative estimate of drug-likeness (QED) is 0.887. The van der Waals surface area contributed by atoms with Gasteiger partial charge >= 0.3 is 5.97 Å². The Balaban J connectivity index is 2.27. The maximum atomic E-state index is 10.5. The Labute approximate surface area is 110 Å². The van der Waals surface area contributed by atoms with Crippen LogP contribution < -0.4 is 4.74 Å².